The van der Waals surface area contributed by atoms with Crippen LogP contribution in [0.15, 0.2) is 40.9 Å². The number of anilines is 1. The smallest absolute Gasteiger partial charge is 0.266 e. The van der Waals surface area contributed by atoms with E-state index in [9.17, 15) is 0 Å². The lowest BCUT2D eigenvalue weighted by molar-refractivity contribution is 0.531. The number of nitrogens with two attached hydrogens (primary N) is 1. The Balaban J connectivity index is 1.99. The maximum Gasteiger partial charge on any atom is 0.266 e. The molecule has 0 unspecified atom stereocenters. The number of hydrogen-bond acceptors (Lipinski definition) is 5. The summed E-state index contributed by atoms with van der Waals surface area (Å²) in [6, 6.07) is 9.68. The monoisotopic (exact) mass is 266 g/mol. The van der Waals surface area contributed by atoms with Gasteiger partial charge in [-0.25, -0.2) is 0 Å². The highest BCUT2D eigenvalue weighted by atomic mass is 16.4. The van der Waals surface area contributed by atoms with E-state index in [1.54, 1.807) is 13.1 Å². The molecule has 0 saturated carbocycles. The van der Waals surface area contributed by atoms with Crippen molar-refractivity contribution in [3.63, 3.8) is 0 Å². The largest absolute Gasteiger partial charge is 0.420 e. The summed E-state index contributed by atoms with van der Waals surface area (Å²) >= 11 is 0. The zero-order valence-electron chi connectivity index (χ0n) is 11.3. The fraction of sp³-hybridized carbons (Fsp3) is 0.133. The van der Waals surface area contributed by atoms with Crippen LogP contribution in [0.3, 0.4) is 0 Å². The van der Waals surface area contributed by atoms with Gasteiger partial charge in [0.2, 0.25) is 5.89 Å². The van der Waals surface area contributed by atoms with Crippen molar-refractivity contribution >= 4 is 5.69 Å². The van der Waals surface area contributed by atoms with Crippen LogP contribution in [0.2, 0.25) is 0 Å². The van der Waals surface area contributed by atoms with Crippen LogP contribution in [0.4, 0.5) is 5.69 Å². The normalized spacial score (nSPS) is 10.7. The fourth-order valence-corrected chi connectivity index (χ4v) is 2.03. The molecule has 100 valence electrons. The molecule has 20 heavy (non-hydrogen) atoms. The molecule has 0 spiro atoms. The zero-order valence-corrected chi connectivity index (χ0v) is 11.3. The number of rotatable bonds is 2. The van der Waals surface area contributed by atoms with Crippen LogP contribution in [0, 0.1) is 13.8 Å². The lowest BCUT2D eigenvalue weighted by Gasteiger charge is -2.07. The molecular formula is C15H14N4O. The highest BCUT2D eigenvalue weighted by Crippen LogP contribution is 2.26. The van der Waals surface area contributed by atoms with Gasteiger partial charge in [-0.2, -0.15) is 0 Å². The van der Waals surface area contributed by atoms with Crippen molar-refractivity contribution < 1.29 is 4.42 Å². The van der Waals surface area contributed by atoms with Crippen molar-refractivity contribution in [1.29, 1.82) is 0 Å². The molecule has 5 heteroatoms. The van der Waals surface area contributed by atoms with Gasteiger partial charge in [-0.1, -0.05) is 12.1 Å². The molecule has 0 bridgehead atoms. The van der Waals surface area contributed by atoms with E-state index in [1.807, 2.05) is 37.3 Å². The highest BCUT2D eigenvalue weighted by molar-refractivity contribution is 5.71. The first-order valence-corrected chi connectivity index (χ1v) is 6.26. The SMILES string of the molecule is Cc1nnc(-c2ccc(-c3cc(N)ccc3C)cn2)o1. The van der Waals surface area contributed by atoms with Crippen molar-refractivity contribution in [3.05, 3.63) is 48.0 Å². The zero-order chi connectivity index (χ0) is 14.1. The van der Waals surface area contributed by atoms with E-state index < -0.39 is 0 Å². The van der Waals surface area contributed by atoms with Gasteiger partial charge in [-0.3, -0.25) is 4.98 Å². The van der Waals surface area contributed by atoms with E-state index in [1.165, 1.54) is 0 Å². The van der Waals surface area contributed by atoms with Crippen molar-refractivity contribution in [2.45, 2.75) is 13.8 Å². The Kier molecular flexibility index (Phi) is 2.95. The Hall–Kier alpha value is -2.69. The summed E-state index contributed by atoms with van der Waals surface area (Å²) in [5.41, 5.74) is 10.5. The minimum atomic E-state index is 0.429. The minimum Gasteiger partial charge on any atom is -0.420 e. The molecule has 3 aromatic rings. The van der Waals surface area contributed by atoms with Crippen LogP contribution < -0.4 is 5.73 Å². The van der Waals surface area contributed by atoms with Crippen LogP contribution in [0.1, 0.15) is 11.5 Å². The van der Waals surface area contributed by atoms with Gasteiger partial charge < -0.3 is 10.2 Å². The second kappa shape index (κ2) is 4.77. The van der Waals surface area contributed by atoms with Crippen LogP contribution in [0.5, 0.6) is 0 Å². The van der Waals surface area contributed by atoms with E-state index in [4.69, 9.17) is 10.2 Å². The summed E-state index contributed by atoms with van der Waals surface area (Å²) in [6.07, 6.45) is 1.79. The second-order valence-electron chi connectivity index (χ2n) is 4.63. The van der Waals surface area contributed by atoms with Gasteiger partial charge in [0.1, 0.15) is 5.69 Å². The summed E-state index contributed by atoms with van der Waals surface area (Å²) in [5.74, 6) is 0.955. The Bertz CT molecular complexity index is 747. The van der Waals surface area contributed by atoms with Crippen LogP contribution >= 0.6 is 0 Å². The molecule has 5 nitrogen and oxygen atoms in total. The summed E-state index contributed by atoms with van der Waals surface area (Å²) < 4.78 is 5.35. The molecule has 0 aliphatic carbocycles. The number of aryl methyl sites for hydroxylation is 2. The maximum atomic E-state index is 5.83. The topological polar surface area (TPSA) is 77.8 Å². The first kappa shape index (κ1) is 12.3. The number of nitrogen functional groups attached to an aromatic ring is 1. The van der Waals surface area contributed by atoms with Crippen LogP contribution in [0.25, 0.3) is 22.7 Å². The lowest BCUT2D eigenvalue weighted by atomic mass is 10.0. The van der Waals surface area contributed by atoms with Gasteiger partial charge in [-0.15, -0.1) is 10.2 Å². The predicted octanol–water partition coefficient (Wildman–Crippen LogP) is 3.00. The molecule has 0 atom stereocenters. The third-order valence-electron chi connectivity index (χ3n) is 3.08. The van der Waals surface area contributed by atoms with Crippen LogP contribution in [-0.4, -0.2) is 15.2 Å². The van der Waals surface area contributed by atoms with E-state index in [0.29, 0.717) is 17.5 Å². The number of nitrogens with zero attached hydrogens (tertiary/aromatic N) is 3. The molecule has 0 aliphatic heterocycles. The van der Waals surface area contributed by atoms with E-state index in [0.717, 1.165) is 22.4 Å². The van der Waals surface area contributed by atoms with Gasteiger partial charge in [0.15, 0.2) is 0 Å². The second-order valence-corrected chi connectivity index (χ2v) is 4.63. The summed E-state index contributed by atoms with van der Waals surface area (Å²) in [7, 11) is 0. The molecule has 2 aromatic heterocycles. The highest BCUT2D eigenvalue weighted by Gasteiger charge is 2.08. The number of pyridine rings is 1. The third-order valence-corrected chi connectivity index (χ3v) is 3.08. The Morgan fingerprint density at radius 3 is 2.55 bits per heavy atom. The molecule has 3 rings (SSSR count). The molecular weight excluding hydrogens is 252 g/mol. The van der Waals surface area contributed by atoms with Crippen molar-refractivity contribution in [2.24, 2.45) is 0 Å². The molecule has 0 fully saturated rings. The fourth-order valence-electron chi connectivity index (χ4n) is 2.03. The molecule has 0 aliphatic rings. The quantitative estimate of drug-likeness (QED) is 0.721. The van der Waals surface area contributed by atoms with Gasteiger partial charge in [0.05, 0.1) is 0 Å². The standard InChI is InChI=1S/C15H14N4O/c1-9-3-5-12(16)7-13(9)11-4-6-14(17-8-11)15-19-18-10(2)20-15/h3-8H,16H2,1-2H3. The lowest BCUT2D eigenvalue weighted by Crippen LogP contribution is -1.90. The molecule has 2 heterocycles. The van der Waals surface area contributed by atoms with E-state index in [2.05, 4.69) is 15.2 Å². The Morgan fingerprint density at radius 2 is 1.90 bits per heavy atom. The Morgan fingerprint density at radius 1 is 1.05 bits per heavy atom. The maximum absolute atomic E-state index is 5.83. The van der Waals surface area contributed by atoms with E-state index >= 15 is 0 Å². The Labute approximate surface area is 116 Å². The van der Waals surface area contributed by atoms with Gasteiger partial charge in [0, 0.05) is 24.4 Å². The van der Waals surface area contributed by atoms with E-state index in [-0.39, 0.29) is 0 Å². The van der Waals surface area contributed by atoms with Crippen molar-refractivity contribution in [2.75, 3.05) is 5.73 Å². The number of hydrogen-bond donors (Lipinski definition) is 1. The first-order chi connectivity index (χ1) is 9.63. The molecule has 2 N–H and O–H groups in total. The van der Waals surface area contributed by atoms with Crippen molar-refractivity contribution in [1.82, 2.24) is 15.2 Å². The van der Waals surface area contributed by atoms with Crippen molar-refractivity contribution in [3.8, 4) is 22.7 Å². The average molecular weight is 266 g/mol. The summed E-state index contributed by atoms with van der Waals surface area (Å²) in [4.78, 5) is 4.37. The summed E-state index contributed by atoms with van der Waals surface area (Å²) in [6.45, 7) is 3.80. The minimum absolute atomic E-state index is 0.429. The molecule has 1 aromatic carbocycles. The average Bonchev–Trinajstić information content (AvgIpc) is 2.88. The predicted molar refractivity (Wildman–Crippen MR) is 76.9 cm³/mol. The third kappa shape index (κ3) is 2.25. The molecule has 0 saturated heterocycles. The van der Waals surface area contributed by atoms with Gasteiger partial charge >= 0.3 is 0 Å². The molecule has 0 amide bonds. The van der Waals surface area contributed by atoms with Gasteiger partial charge in [0.25, 0.3) is 5.89 Å². The summed E-state index contributed by atoms with van der Waals surface area (Å²) in [5, 5.41) is 7.75. The first-order valence-electron chi connectivity index (χ1n) is 6.26. The van der Waals surface area contributed by atoms with Gasteiger partial charge in [-0.05, 0) is 36.2 Å². The van der Waals surface area contributed by atoms with Crippen LogP contribution in [-0.2, 0) is 0 Å². The number of aromatic nitrogens is 3. The molecule has 0 radical (unpaired) electrons. The number of benzene rings is 1.